The van der Waals surface area contributed by atoms with Crippen molar-refractivity contribution in [2.45, 2.75) is 6.92 Å². The Morgan fingerprint density at radius 1 is 1.07 bits per heavy atom. The van der Waals surface area contributed by atoms with Crippen LogP contribution in [0, 0.1) is 0 Å². The van der Waals surface area contributed by atoms with Crippen molar-refractivity contribution in [3.8, 4) is 0 Å². The van der Waals surface area contributed by atoms with Crippen LogP contribution in [0.2, 0.25) is 0 Å². The molecule has 3 rings (SSSR count). The molecule has 0 saturated heterocycles. The van der Waals surface area contributed by atoms with Gasteiger partial charge in [0.1, 0.15) is 0 Å². The number of carbonyl (C=O) groups is 3. The molecule has 138 valence electrons. The maximum atomic E-state index is 12.1. The summed E-state index contributed by atoms with van der Waals surface area (Å²) in [4.78, 5) is 40.1. The number of benzene rings is 2. The second-order valence-electron chi connectivity index (χ2n) is 5.52. The molecule has 2 N–H and O–H groups in total. The Kier molecular flexibility index (Phi) is 5.77. The summed E-state index contributed by atoms with van der Waals surface area (Å²) in [6.07, 6.45) is 0. The fourth-order valence-electron chi connectivity index (χ4n) is 2.34. The molecular formula is C19H17N3O4S. The van der Waals surface area contributed by atoms with Gasteiger partial charge in [-0.25, -0.2) is 9.78 Å². The third-order valence-electron chi connectivity index (χ3n) is 3.59. The van der Waals surface area contributed by atoms with E-state index in [2.05, 4.69) is 15.6 Å². The van der Waals surface area contributed by atoms with Gasteiger partial charge in [-0.1, -0.05) is 29.5 Å². The molecule has 0 aliphatic heterocycles. The molecule has 2 amide bonds. The van der Waals surface area contributed by atoms with E-state index in [1.165, 1.54) is 11.3 Å². The highest BCUT2D eigenvalue weighted by Gasteiger charge is 2.13. The molecule has 1 aromatic heterocycles. The lowest BCUT2D eigenvalue weighted by atomic mass is 10.2. The van der Waals surface area contributed by atoms with E-state index in [1.54, 1.807) is 49.4 Å². The number of nitrogens with one attached hydrogen (secondary N) is 2. The van der Waals surface area contributed by atoms with E-state index in [4.69, 9.17) is 4.74 Å². The van der Waals surface area contributed by atoms with Gasteiger partial charge in [-0.15, -0.1) is 0 Å². The summed E-state index contributed by atoms with van der Waals surface area (Å²) < 4.78 is 5.73. The number of amides is 2. The predicted octanol–water partition coefficient (Wildman–Crippen LogP) is 2.84. The summed E-state index contributed by atoms with van der Waals surface area (Å²) >= 11 is 1.24. The summed E-state index contributed by atoms with van der Waals surface area (Å²) in [5.74, 6) is -1.11. The Morgan fingerprint density at radius 2 is 1.85 bits per heavy atom. The lowest BCUT2D eigenvalue weighted by molar-refractivity contribution is -0.115. The van der Waals surface area contributed by atoms with Crippen molar-refractivity contribution in [2.24, 2.45) is 0 Å². The summed E-state index contributed by atoms with van der Waals surface area (Å²) in [5.41, 5.74) is 1.58. The molecule has 0 aliphatic rings. The van der Waals surface area contributed by atoms with E-state index < -0.39 is 5.97 Å². The van der Waals surface area contributed by atoms with Crippen LogP contribution in [-0.4, -0.2) is 35.9 Å². The number of rotatable bonds is 6. The van der Waals surface area contributed by atoms with Crippen molar-refractivity contribution in [2.75, 3.05) is 18.5 Å². The highest BCUT2D eigenvalue weighted by Crippen LogP contribution is 2.27. The highest BCUT2D eigenvalue weighted by atomic mass is 32.1. The molecule has 8 heteroatoms. The predicted molar refractivity (Wildman–Crippen MR) is 103 cm³/mol. The quantitative estimate of drug-likeness (QED) is 0.638. The largest absolute Gasteiger partial charge is 0.462 e. The Labute approximate surface area is 159 Å². The molecule has 1 heterocycles. The molecule has 0 bridgehead atoms. The van der Waals surface area contributed by atoms with E-state index in [1.807, 2.05) is 6.07 Å². The van der Waals surface area contributed by atoms with Gasteiger partial charge in [0, 0.05) is 5.56 Å². The van der Waals surface area contributed by atoms with E-state index in [9.17, 15) is 14.4 Å². The molecule has 0 spiro atoms. The van der Waals surface area contributed by atoms with E-state index in [0.29, 0.717) is 28.4 Å². The summed E-state index contributed by atoms with van der Waals surface area (Å²) in [5, 5.41) is 5.60. The van der Waals surface area contributed by atoms with E-state index in [0.717, 1.165) is 4.70 Å². The van der Waals surface area contributed by atoms with Crippen LogP contribution in [0.15, 0.2) is 48.5 Å². The minimum Gasteiger partial charge on any atom is -0.462 e. The number of aromatic nitrogens is 1. The topological polar surface area (TPSA) is 97.4 Å². The van der Waals surface area contributed by atoms with Crippen LogP contribution in [0.1, 0.15) is 27.6 Å². The number of ether oxygens (including phenoxy) is 1. The van der Waals surface area contributed by atoms with Gasteiger partial charge in [0.05, 0.1) is 28.9 Å². The minimum atomic E-state index is -0.401. The Hall–Kier alpha value is -3.26. The number of esters is 1. The van der Waals surface area contributed by atoms with Gasteiger partial charge < -0.3 is 15.4 Å². The molecule has 0 atom stereocenters. The van der Waals surface area contributed by atoms with Gasteiger partial charge in [-0.05, 0) is 37.3 Å². The first-order valence-corrected chi connectivity index (χ1v) is 9.09. The van der Waals surface area contributed by atoms with Crippen LogP contribution in [0.25, 0.3) is 10.2 Å². The van der Waals surface area contributed by atoms with Crippen LogP contribution < -0.4 is 10.6 Å². The molecule has 0 unspecified atom stereocenters. The van der Waals surface area contributed by atoms with Crippen LogP contribution in [0.3, 0.4) is 0 Å². The van der Waals surface area contributed by atoms with Gasteiger partial charge in [-0.3, -0.25) is 9.59 Å². The molecule has 3 aromatic rings. The minimum absolute atomic E-state index is 0.169. The average molecular weight is 383 g/mol. The lowest BCUT2D eigenvalue weighted by Gasteiger charge is -2.04. The number of hydrogen-bond donors (Lipinski definition) is 2. The van der Waals surface area contributed by atoms with Crippen LogP contribution in [0.4, 0.5) is 5.13 Å². The van der Waals surface area contributed by atoms with Crippen molar-refractivity contribution in [1.29, 1.82) is 0 Å². The summed E-state index contributed by atoms with van der Waals surface area (Å²) in [7, 11) is 0. The number of carbonyl (C=O) groups excluding carboxylic acids is 3. The molecule has 0 fully saturated rings. The van der Waals surface area contributed by atoms with Crippen molar-refractivity contribution in [1.82, 2.24) is 10.3 Å². The first-order valence-electron chi connectivity index (χ1n) is 8.27. The molecule has 7 nitrogen and oxygen atoms in total. The zero-order valence-electron chi connectivity index (χ0n) is 14.5. The molecule has 0 aliphatic carbocycles. The van der Waals surface area contributed by atoms with E-state index >= 15 is 0 Å². The zero-order valence-corrected chi connectivity index (χ0v) is 15.3. The third-order valence-corrected chi connectivity index (χ3v) is 4.53. The monoisotopic (exact) mass is 383 g/mol. The van der Waals surface area contributed by atoms with Gasteiger partial charge in [0.2, 0.25) is 5.91 Å². The van der Waals surface area contributed by atoms with Gasteiger partial charge in [0.25, 0.3) is 5.91 Å². The number of nitrogens with zero attached hydrogens (tertiary/aromatic N) is 1. The maximum Gasteiger partial charge on any atom is 0.338 e. The lowest BCUT2D eigenvalue weighted by Crippen LogP contribution is -2.32. The van der Waals surface area contributed by atoms with Crippen molar-refractivity contribution in [3.63, 3.8) is 0 Å². The second kappa shape index (κ2) is 8.41. The molecular weight excluding hydrogens is 366 g/mol. The third kappa shape index (κ3) is 4.68. The zero-order chi connectivity index (χ0) is 19.2. The first kappa shape index (κ1) is 18.5. The van der Waals surface area contributed by atoms with Gasteiger partial charge in [-0.2, -0.15) is 0 Å². The smallest absolute Gasteiger partial charge is 0.338 e. The summed E-state index contributed by atoms with van der Waals surface area (Å²) in [6.45, 7) is 1.88. The normalized spacial score (nSPS) is 10.4. The first-order chi connectivity index (χ1) is 13.1. The Bertz CT molecular complexity index is 985. The number of hydrogen-bond acceptors (Lipinski definition) is 6. The maximum absolute atomic E-state index is 12.1. The number of anilines is 1. The van der Waals surface area contributed by atoms with E-state index in [-0.39, 0.29) is 18.4 Å². The molecule has 0 radical (unpaired) electrons. The van der Waals surface area contributed by atoms with Gasteiger partial charge in [0.15, 0.2) is 5.13 Å². The second-order valence-corrected chi connectivity index (χ2v) is 6.55. The summed E-state index contributed by atoms with van der Waals surface area (Å²) in [6, 6.07) is 13.7. The number of fused-ring (bicyclic) bond motifs is 1. The molecule has 27 heavy (non-hydrogen) atoms. The van der Waals surface area contributed by atoms with Crippen molar-refractivity contribution < 1.29 is 19.1 Å². The van der Waals surface area contributed by atoms with Crippen LogP contribution in [-0.2, 0) is 9.53 Å². The SMILES string of the molecule is CCOC(=O)c1ccc2nc(NC(=O)CNC(=O)c3ccccc3)sc2c1. The fourth-order valence-corrected chi connectivity index (χ4v) is 3.26. The molecule has 0 saturated carbocycles. The van der Waals surface area contributed by atoms with Crippen molar-refractivity contribution in [3.05, 3.63) is 59.7 Å². The number of thiazole rings is 1. The van der Waals surface area contributed by atoms with Crippen LogP contribution in [0.5, 0.6) is 0 Å². The highest BCUT2D eigenvalue weighted by molar-refractivity contribution is 7.22. The fraction of sp³-hybridized carbons (Fsp3) is 0.158. The molecule has 2 aromatic carbocycles. The standard InChI is InChI=1S/C19H17N3O4S/c1-2-26-18(25)13-8-9-14-15(10-13)27-19(21-14)22-16(23)11-20-17(24)12-6-4-3-5-7-12/h3-10H,2,11H2,1H3,(H,20,24)(H,21,22,23). The average Bonchev–Trinajstić information content (AvgIpc) is 3.08. The Morgan fingerprint density at radius 3 is 2.59 bits per heavy atom. The van der Waals surface area contributed by atoms with Crippen molar-refractivity contribution >= 4 is 44.5 Å². The van der Waals surface area contributed by atoms with Crippen LogP contribution >= 0.6 is 11.3 Å². The van der Waals surface area contributed by atoms with Gasteiger partial charge >= 0.3 is 5.97 Å². The Balaban J connectivity index is 1.61.